The van der Waals surface area contributed by atoms with Crippen molar-refractivity contribution in [2.75, 3.05) is 44.6 Å². The molecule has 3 amide bonds. The van der Waals surface area contributed by atoms with Gasteiger partial charge in [-0.1, -0.05) is 18.2 Å². The molecule has 0 spiro atoms. The van der Waals surface area contributed by atoms with Gasteiger partial charge >= 0.3 is 12.2 Å². The highest BCUT2D eigenvalue weighted by Gasteiger charge is 2.34. The van der Waals surface area contributed by atoms with E-state index in [-0.39, 0.29) is 43.1 Å². The largest absolute Gasteiger partial charge is 0.416 e. The van der Waals surface area contributed by atoms with Crippen molar-refractivity contribution < 1.29 is 27.2 Å². The van der Waals surface area contributed by atoms with Crippen LogP contribution in [0.25, 0.3) is 0 Å². The molecule has 3 heterocycles. The van der Waals surface area contributed by atoms with Crippen LogP contribution in [0, 0.1) is 5.82 Å². The Morgan fingerprint density at radius 1 is 0.947 bits per heavy atom. The first-order valence-corrected chi connectivity index (χ1v) is 13.1. The van der Waals surface area contributed by atoms with Crippen molar-refractivity contribution in [3.63, 3.8) is 0 Å². The molecule has 0 bridgehead atoms. The molecule has 2 aromatic carbocycles. The van der Waals surface area contributed by atoms with E-state index < -0.39 is 17.8 Å². The van der Waals surface area contributed by atoms with E-state index in [2.05, 4.69) is 10.2 Å². The molecule has 2 aliphatic rings. The fourth-order valence-electron chi connectivity index (χ4n) is 5.01. The number of nitrogens with one attached hydrogen (secondary N) is 1. The lowest BCUT2D eigenvalue weighted by Gasteiger charge is -2.39. The number of rotatable bonds is 4. The smallest absolute Gasteiger partial charge is 0.338 e. The first-order chi connectivity index (χ1) is 18.2. The fraction of sp³-hybridized carbons (Fsp3) is 0.333. The summed E-state index contributed by atoms with van der Waals surface area (Å²) >= 11 is 1.67. The van der Waals surface area contributed by atoms with E-state index in [0.29, 0.717) is 19.6 Å². The molecule has 0 radical (unpaired) electrons. The Bertz CT molecular complexity index is 1320. The molecule has 11 heteroatoms. The number of hydrogen-bond acceptors (Lipinski definition) is 4. The Morgan fingerprint density at radius 3 is 2.42 bits per heavy atom. The molecule has 0 saturated carbocycles. The standard InChI is InChI=1S/C27H26F4N4O2S/c28-20-5-1-3-18(15-20)25-22-8-14-38-23(22)7-9-35(25)17-24(36)33-10-12-34(13-11-33)26(37)32-21-6-2-4-19(16-21)27(29,30)31/h1-6,8,14-16,25H,7,9-13,17H2,(H,32,37)/t25-/m0/s1. The van der Waals surface area contributed by atoms with E-state index in [4.69, 9.17) is 0 Å². The van der Waals surface area contributed by atoms with Gasteiger partial charge in [0.15, 0.2) is 0 Å². The molecule has 1 atom stereocenters. The summed E-state index contributed by atoms with van der Waals surface area (Å²) in [5, 5.41) is 4.53. The van der Waals surface area contributed by atoms with Crippen molar-refractivity contribution in [1.29, 1.82) is 0 Å². The zero-order valence-electron chi connectivity index (χ0n) is 20.4. The van der Waals surface area contributed by atoms with Crippen molar-refractivity contribution in [3.05, 3.63) is 87.4 Å². The Kier molecular flexibility index (Phi) is 7.40. The lowest BCUT2D eigenvalue weighted by Crippen LogP contribution is -2.54. The van der Waals surface area contributed by atoms with Gasteiger partial charge in [-0.3, -0.25) is 9.69 Å². The number of carbonyl (C=O) groups is 2. The average molecular weight is 547 g/mol. The number of hydrogen-bond donors (Lipinski definition) is 1. The maximum Gasteiger partial charge on any atom is 0.416 e. The van der Waals surface area contributed by atoms with Gasteiger partial charge in [0.05, 0.1) is 18.2 Å². The molecule has 5 rings (SSSR count). The van der Waals surface area contributed by atoms with E-state index >= 15 is 0 Å². The van der Waals surface area contributed by atoms with Crippen LogP contribution in [-0.2, 0) is 17.4 Å². The molecule has 0 aliphatic carbocycles. The van der Waals surface area contributed by atoms with Crippen molar-refractivity contribution in [2.45, 2.75) is 18.6 Å². The lowest BCUT2D eigenvalue weighted by atomic mass is 9.93. The van der Waals surface area contributed by atoms with E-state index in [1.54, 1.807) is 22.3 Å². The number of alkyl halides is 3. The number of fused-ring (bicyclic) bond motifs is 1. The van der Waals surface area contributed by atoms with Crippen LogP contribution < -0.4 is 5.32 Å². The molecule has 200 valence electrons. The summed E-state index contributed by atoms with van der Waals surface area (Å²) in [4.78, 5) is 32.4. The molecule has 6 nitrogen and oxygen atoms in total. The average Bonchev–Trinajstić information content (AvgIpc) is 3.37. The van der Waals surface area contributed by atoms with E-state index in [1.807, 2.05) is 17.5 Å². The Hall–Kier alpha value is -3.44. The SMILES string of the molecule is O=C(CN1CCc2sccc2[C@@H]1c1cccc(F)c1)N1CCN(C(=O)Nc2cccc(C(F)(F)F)c2)CC1. The summed E-state index contributed by atoms with van der Waals surface area (Å²) in [5.74, 6) is -0.404. The predicted octanol–water partition coefficient (Wildman–Crippen LogP) is 5.23. The number of amides is 3. The molecular weight excluding hydrogens is 520 g/mol. The lowest BCUT2D eigenvalue weighted by molar-refractivity contribution is -0.137. The number of benzene rings is 2. The molecule has 1 aromatic heterocycles. The summed E-state index contributed by atoms with van der Waals surface area (Å²) < 4.78 is 52.9. The van der Waals surface area contributed by atoms with Gasteiger partial charge in [0.25, 0.3) is 0 Å². The van der Waals surface area contributed by atoms with Crippen LogP contribution in [0.4, 0.5) is 28.0 Å². The third-order valence-corrected chi connectivity index (χ3v) is 7.93. The molecule has 38 heavy (non-hydrogen) atoms. The van der Waals surface area contributed by atoms with Crippen molar-refractivity contribution in [1.82, 2.24) is 14.7 Å². The summed E-state index contributed by atoms with van der Waals surface area (Å²) in [7, 11) is 0. The predicted molar refractivity (Wildman–Crippen MR) is 136 cm³/mol. The van der Waals surface area contributed by atoms with Gasteiger partial charge < -0.3 is 15.1 Å². The molecule has 2 aliphatic heterocycles. The first-order valence-electron chi connectivity index (χ1n) is 12.3. The first kappa shape index (κ1) is 26.2. The summed E-state index contributed by atoms with van der Waals surface area (Å²) in [6.07, 6.45) is -3.69. The summed E-state index contributed by atoms with van der Waals surface area (Å²) in [6, 6.07) is 12.3. The van der Waals surface area contributed by atoms with Crippen molar-refractivity contribution >= 4 is 29.0 Å². The van der Waals surface area contributed by atoms with Crippen molar-refractivity contribution in [2.24, 2.45) is 0 Å². The van der Waals surface area contributed by atoms with Crippen molar-refractivity contribution in [3.8, 4) is 0 Å². The third kappa shape index (κ3) is 5.68. The number of urea groups is 1. The Labute approximate surface area is 221 Å². The van der Waals surface area contributed by atoms with Crippen LogP contribution in [0.15, 0.2) is 60.0 Å². The van der Waals surface area contributed by atoms with E-state index in [1.165, 1.54) is 34.0 Å². The maximum atomic E-state index is 14.0. The Morgan fingerprint density at radius 2 is 1.68 bits per heavy atom. The normalized spacial score (nSPS) is 18.3. The Balaban J connectivity index is 1.20. The van der Waals surface area contributed by atoms with E-state index in [9.17, 15) is 27.2 Å². The number of thiophene rings is 1. The van der Waals surface area contributed by atoms with Gasteiger partial charge in [-0.15, -0.1) is 11.3 Å². The van der Waals surface area contributed by atoms with Gasteiger partial charge in [0.2, 0.25) is 5.91 Å². The maximum absolute atomic E-state index is 14.0. The minimum atomic E-state index is -4.50. The number of halogens is 4. The number of anilines is 1. The second-order valence-corrected chi connectivity index (χ2v) is 10.4. The monoisotopic (exact) mass is 546 g/mol. The summed E-state index contributed by atoms with van der Waals surface area (Å²) in [5.41, 5.74) is 1.11. The molecule has 1 saturated heterocycles. The van der Waals surface area contributed by atoms with Crippen LogP contribution in [0.5, 0.6) is 0 Å². The fourth-order valence-corrected chi connectivity index (χ4v) is 5.92. The topological polar surface area (TPSA) is 55.9 Å². The van der Waals surface area contributed by atoms with Crippen LogP contribution in [0.1, 0.15) is 27.6 Å². The second-order valence-electron chi connectivity index (χ2n) is 9.35. The number of piperazine rings is 1. The zero-order chi connectivity index (χ0) is 26.9. The highest BCUT2D eigenvalue weighted by atomic mass is 32.1. The highest BCUT2D eigenvalue weighted by molar-refractivity contribution is 7.10. The molecule has 0 unspecified atom stereocenters. The van der Waals surface area contributed by atoms with Crippen LogP contribution in [0.3, 0.4) is 0 Å². The molecule has 3 aromatic rings. The van der Waals surface area contributed by atoms with Gasteiger partial charge in [-0.2, -0.15) is 13.2 Å². The van der Waals surface area contributed by atoms with E-state index in [0.717, 1.165) is 29.7 Å². The van der Waals surface area contributed by atoms with Gasteiger partial charge in [-0.05, 0) is 59.3 Å². The number of nitrogens with zero attached hydrogens (tertiary/aromatic N) is 3. The minimum absolute atomic E-state index is 0.0598. The van der Waals surface area contributed by atoms with Gasteiger partial charge in [0.1, 0.15) is 5.82 Å². The molecular formula is C27H26F4N4O2S. The molecule has 1 fully saturated rings. The quantitative estimate of drug-likeness (QED) is 0.456. The van der Waals surface area contributed by atoms with Crippen LogP contribution in [0.2, 0.25) is 0 Å². The molecule has 1 N–H and O–H groups in total. The van der Waals surface area contributed by atoms with Crippen LogP contribution in [-0.4, -0.2) is 65.9 Å². The van der Waals surface area contributed by atoms with Gasteiger partial charge in [-0.25, -0.2) is 9.18 Å². The van der Waals surface area contributed by atoms with Crippen LogP contribution >= 0.6 is 11.3 Å². The van der Waals surface area contributed by atoms with Gasteiger partial charge in [0, 0.05) is 43.3 Å². The minimum Gasteiger partial charge on any atom is -0.338 e. The number of carbonyl (C=O) groups excluding carboxylic acids is 2. The highest BCUT2D eigenvalue weighted by Crippen LogP contribution is 2.38. The third-order valence-electron chi connectivity index (χ3n) is 6.93. The summed E-state index contributed by atoms with van der Waals surface area (Å²) in [6.45, 7) is 1.98. The second kappa shape index (κ2) is 10.7. The zero-order valence-corrected chi connectivity index (χ0v) is 21.2.